The lowest BCUT2D eigenvalue weighted by atomic mass is 9.76. The highest BCUT2D eigenvalue weighted by Crippen LogP contribution is 2.38. The smallest absolute Gasteiger partial charge is 0.313 e. The number of esters is 1. The van der Waals surface area contributed by atoms with Crippen LogP contribution >= 0.6 is 0 Å². The maximum absolute atomic E-state index is 12.2. The van der Waals surface area contributed by atoms with Gasteiger partial charge in [-0.2, -0.15) is 0 Å². The van der Waals surface area contributed by atoms with E-state index in [2.05, 4.69) is 0 Å². The Morgan fingerprint density at radius 2 is 2.11 bits per heavy atom. The molecule has 18 heavy (non-hydrogen) atoms. The normalized spacial score (nSPS) is 28.8. The molecule has 1 saturated heterocycles. The molecule has 1 aliphatic rings. The van der Waals surface area contributed by atoms with Crippen molar-refractivity contribution in [1.29, 1.82) is 0 Å². The van der Waals surface area contributed by atoms with Gasteiger partial charge in [0.15, 0.2) is 0 Å². The summed E-state index contributed by atoms with van der Waals surface area (Å²) in [4.78, 5) is 23.2. The van der Waals surface area contributed by atoms with Crippen LogP contribution in [0, 0.1) is 5.41 Å². The number of hydrogen-bond acceptors (Lipinski definition) is 5. The van der Waals surface area contributed by atoms with Gasteiger partial charge in [0, 0.05) is 13.0 Å². The Kier molecular flexibility index (Phi) is 4.34. The highest BCUT2D eigenvalue weighted by molar-refractivity contribution is 5.83. The monoisotopic (exact) mass is 259 g/mol. The minimum atomic E-state index is -1.07. The van der Waals surface area contributed by atoms with E-state index in [9.17, 15) is 9.59 Å². The molecule has 3 N–H and O–H groups in total. The summed E-state index contributed by atoms with van der Waals surface area (Å²) < 4.78 is 10.5. The fourth-order valence-electron chi connectivity index (χ4n) is 2.05. The molecule has 6 heteroatoms. The lowest BCUT2D eigenvalue weighted by molar-refractivity contribution is -0.180. The van der Waals surface area contributed by atoms with Gasteiger partial charge in [-0.25, -0.2) is 0 Å². The van der Waals surface area contributed by atoms with Gasteiger partial charge in [0.2, 0.25) is 0 Å². The Hall–Kier alpha value is -1.14. The molecule has 104 valence electrons. The molecule has 1 fully saturated rings. The largest absolute Gasteiger partial charge is 0.481 e. The van der Waals surface area contributed by atoms with Crippen molar-refractivity contribution in [1.82, 2.24) is 0 Å². The summed E-state index contributed by atoms with van der Waals surface area (Å²) >= 11 is 0. The molecule has 0 saturated carbocycles. The minimum absolute atomic E-state index is 0.175. The average Bonchev–Trinajstić information content (AvgIpc) is 2.13. The quantitative estimate of drug-likeness (QED) is 0.730. The molecule has 1 aliphatic heterocycles. The number of rotatable bonds is 3. The van der Waals surface area contributed by atoms with E-state index in [0.717, 1.165) is 0 Å². The third kappa shape index (κ3) is 3.96. The molecule has 0 aromatic carbocycles. The Morgan fingerprint density at radius 1 is 1.50 bits per heavy atom. The predicted octanol–water partition coefficient (Wildman–Crippen LogP) is 0.884. The third-order valence-electron chi connectivity index (χ3n) is 2.83. The van der Waals surface area contributed by atoms with Gasteiger partial charge in [-0.3, -0.25) is 9.59 Å². The van der Waals surface area contributed by atoms with Gasteiger partial charge in [-0.1, -0.05) is 0 Å². The van der Waals surface area contributed by atoms with Crippen LogP contribution in [-0.2, 0) is 19.1 Å². The van der Waals surface area contributed by atoms with Crippen LogP contribution < -0.4 is 5.73 Å². The van der Waals surface area contributed by atoms with Crippen molar-refractivity contribution in [3.8, 4) is 0 Å². The fourth-order valence-corrected chi connectivity index (χ4v) is 2.05. The second kappa shape index (κ2) is 5.24. The summed E-state index contributed by atoms with van der Waals surface area (Å²) in [5.74, 6) is -1.54. The number of hydrogen-bond donors (Lipinski definition) is 2. The highest BCUT2D eigenvalue weighted by atomic mass is 16.6. The van der Waals surface area contributed by atoms with Crippen molar-refractivity contribution in [2.24, 2.45) is 11.1 Å². The molecule has 0 radical (unpaired) electrons. The summed E-state index contributed by atoms with van der Waals surface area (Å²) in [5.41, 5.74) is 3.94. The Bertz CT molecular complexity index is 336. The maximum Gasteiger partial charge on any atom is 0.313 e. The van der Waals surface area contributed by atoms with Crippen LogP contribution in [0.5, 0.6) is 0 Å². The van der Waals surface area contributed by atoms with E-state index in [1.165, 1.54) is 0 Å². The standard InChI is InChI=1S/C12H21NO5/c1-11(2,3)18-10(16)12(7-9(14)15)4-5-17-8(13)6-12/h8H,4-7,13H2,1-3H3,(H,14,15). The molecule has 0 aromatic heterocycles. The zero-order valence-electron chi connectivity index (χ0n) is 11.1. The second-order valence-electron chi connectivity index (χ2n) is 5.72. The van der Waals surface area contributed by atoms with Crippen molar-refractivity contribution >= 4 is 11.9 Å². The molecule has 0 spiro atoms. The highest BCUT2D eigenvalue weighted by Gasteiger charge is 2.46. The zero-order valence-corrected chi connectivity index (χ0v) is 11.1. The topological polar surface area (TPSA) is 98.9 Å². The number of carboxylic acid groups (broad SMARTS) is 1. The van der Waals surface area contributed by atoms with Crippen LogP contribution in [0.2, 0.25) is 0 Å². The van der Waals surface area contributed by atoms with Gasteiger partial charge in [-0.15, -0.1) is 0 Å². The summed E-state index contributed by atoms with van der Waals surface area (Å²) in [6, 6.07) is 0. The first-order chi connectivity index (χ1) is 8.15. The molecule has 0 amide bonds. The van der Waals surface area contributed by atoms with Gasteiger partial charge in [-0.05, 0) is 27.2 Å². The minimum Gasteiger partial charge on any atom is -0.481 e. The van der Waals surface area contributed by atoms with Crippen molar-refractivity contribution < 1.29 is 24.2 Å². The van der Waals surface area contributed by atoms with Gasteiger partial charge in [0.05, 0.1) is 11.8 Å². The van der Waals surface area contributed by atoms with Crippen LogP contribution in [0.25, 0.3) is 0 Å². The van der Waals surface area contributed by atoms with E-state index in [-0.39, 0.29) is 19.4 Å². The van der Waals surface area contributed by atoms with Crippen molar-refractivity contribution in [2.75, 3.05) is 6.61 Å². The second-order valence-corrected chi connectivity index (χ2v) is 5.72. The molecular weight excluding hydrogens is 238 g/mol. The van der Waals surface area contributed by atoms with Crippen LogP contribution in [0.15, 0.2) is 0 Å². The van der Waals surface area contributed by atoms with Crippen LogP contribution in [-0.4, -0.2) is 35.5 Å². The molecular formula is C12H21NO5. The molecule has 1 heterocycles. The van der Waals surface area contributed by atoms with Gasteiger partial charge < -0.3 is 20.3 Å². The molecule has 0 aromatic rings. The van der Waals surface area contributed by atoms with Crippen molar-refractivity contribution in [2.45, 2.75) is 51.9 Å². The summed E-state index contributed by atoms with van der Waals surface area (Å²) in [7, 11) is 0. The van der Waals surface area contributed by atoms with Crippen molar-refractivity contribution in [3.63, 3.8) is 0 Å². The van der Waals surface area contributed by atoms with Crippen molar-refractivity contribution in [3.05, 3.63) is 0 Å². The number of carboxylic acids is 1. The van der Waals surface area contributed by atoms with Gasteiger partial charge in [0.25, 0.3) is 0 Å². The van der Waals surface area contributed by atoms with Gasteiger partial charge >= 0.3 is 11.9 Å². The lowest BCUT2D eigenvalue weighted by Gasteiger charge is -2.38. The summed E-state index contributed by atoms with van der Waals surface area (Å²) in [6.45, 7) is 5.52. The van der Waals surface area contributed by atoms with E-state index in [4.69, 9.17) is 20.3 Å². The van der Waals surface area contributed by atoms with Crippen LogP contribution in [0.1, 0.15) is 40.0 Å². The first kappa shape index (κ1) is 14.9. The number of aliphatic carboxylic acids is 1. The number of carbonyl (C=O) groups is 2. The average molecular weight is 259 g/mol. The number of carbonyl (C=O) groups excluding carboxylic acids is 1. The summed E-state index contributed by atoms with van der Waals surface area (Å²) in [6.07, 6.45) is -0.402. The van der Waals surface area contributed by atoms with Gasteiger partial charge in [0.1, 0.15) is 11.8 Å². The summed E-state index contributed by atoms with van der Waals surface area (Å²) in [5, 5.41) is 8.98. The predicted molar refractivity (Wildman–Crippen MR) is 63.7 cm³/mol. The molecule has 0 aliphatic carbocycles. The zero-order chi connectivity index (χ0) is 14.0. The fraction of sp³-hybridized carbons (Fsp3) is 0.833. The first-order valence-electron chi connectivity index (χ1n) is 5.97. The van der Waals surface area contributed by atoms with E-state index < -0.39 is 29.2 Å². The molecule has 2 unspecified atom stereocenters. The Balaban J connectivity index is 2.89. The molecule has 0 bridgehead atoms. The Morgan fingerprint density at radius 3 is 2.56 bits per heavy atom. The molecule has 1 rings (SSSR count). The van der Waals surface area contributed by atoms with E-state index in [0.29, 0.717) is 6.42 Å². The molecule has 2 atom stereocenters. The number of ether oxygens (including phenoxy) is 2. The van der Waals surface area contributed by atoms with Crippen LogP contribution in [0.4, 0.5) is 0 Å². The van der Waals surface area contributed by atoms with E-state index >= 15 is 0 Å². The molecule has 6 nitrogen and oxygen atoms in total. The lowest BCUT2D eigenvalue weighted by Crippen LogP contribution is -2.48. The van der Waals surface area contributed by atoms with E-state index in [1.807, 2.05) is 0 Å². The van der Waals surface area contributed by atoms with E-state index in [1.54, 1.807) is 20.8 Å². The third-order valence-corrected chi connectivity index (χ3v) is 2.83. The van der Waals surface area contributed by atoms with Crippen LogP contribution in [0.3, 0.4) is 0 Å². The first-order valence-corrected chi connectivity index (χ1v) is 5.97. The number of nitrogens with two attached hydrogens (primary N) is 1. The SMILES string of the molecule is CC(C)(C)OC(=O)C1(CC(=O)O)CCOC(N)C1. The Labute approximate surface area is 106 Å². The maximum atomic E-state index is 12.2.